The minimum absolute atomic E-state index is 0.0766. The summed E-state index contributed by atoms with van der Waals surface area (Å²) in [5, 5.41) is 6.88. The molecule has 148 valence electrons. The van der Waals surface area contributed by atoms with Gasteiger partial charge in [-0.05, 0) is 37.3 Å². The zero-order valence-corrected chi connectivity index (χ0v) is 15.1. The molecule has 4 rings (SSSR count). The smallest absolute Gasteiger partial charge is 0.306 e. The number of hydrogen-bond acceptors (Lipinski definition) is 5. The first kappa shape index (κ1) is 18.5. The molecule has 10 heteroatoms. The van der Waals surface area contributed by atoms with Gasteiger partial charge in [-0.1, -0.05) is 18.2 Å². The predicted molar refractivity (Wildman–Crippen MR) is 99.0 cm³/mol. The first-order chi connectivity index (χ1) is 13.8. The van der Waals surface area contributed by atoms with E-state index in [1.807, 2.05) is 6.92 Å². The van der Waals surface area contributed by atoms with Gasteiger partial charge in [-0.3, -0.25) is 10.2 Å². The number of alkyl halides is 3. The first-order valence-electron chi connectivity index (χ1n) is 8.56. The van der Waals surface area contributed by atoms with E-state index in [1.54, 1.807) is 12.2 Å². The standard InChI is InChI=1S/C19H15F3N6O/c1-11-6-8-16(26-25-11)24-18(29)15-10-23-17-9-7-14(27-28(15)17)12-4-2-3-5-13(12)19(20,21)22/h2-10,25-26H,1H3,(H,24,29). The van der Waals surface area contributed by atoms with Gasteiger partial charge in [-0.15, -0.1) is 0 Å². The maximum Gasteiger partial charge on any atom is 0.417 e. The van der Waals surface area contributed by atoms with E-state index >= 15 is 0 Å². The van der Waals surface area contributed by atoms with E-state index < -0.39 is 17.6 Å². The SMILES string of the molecule is CC1=CC=C(NC(=O)c2cnc3ccc(-c4ccccc4C(F)(F)F)nn23)NN1. The van der Waals surface area contributed by atoms with Gasteiger partial charge in [0.1, 0.15) is 5.82 Å². The summed E-state index contributed by atoms with van der Waals surface area (Å²) in [6.07, 6.45) is 0.228. The molecule has 1 aliphatic heterocycles. The van der Waals surface area contributed by atoms with Crippen LogP contribution in [0, 0.1) is 0 Å². The minimum Gasteiger partial charge on any atom is -0.306 e. The first-order valence-corrected chi connectivity index (χ1v) is 8.56. The summed E-state index contributed by atoms with van der Waals surface area (Å²) in [5.41, 5.74) is 6.14. The Kier molecular flexibility index (Phi) is 4.45. The molecule has 0 radical (unpaired) electrons. The van der Waals surface area contributed by atoms with Gasteiger partial charge in [0.05, 0.1) is 17.5 Å². The van der Waals surface area contributed by atoms with Crippen LogP contribution in [0.5, 0.6) is 0 Å². The molecule has 0 bridgehead atoms. The molecule has 0 saturated heterocycles. The fourth-order valence-electron chi connectivity index (χ4n) is 2.84. The van der Waals surface area contributed by atoms with Gasteiger partial charge in [-0.2, -0.15) is 18.3 Å². The number of allylic oxidation sites excluding steroid dienone is 3. The van der Waals surface area contributed by atoms with E-state index in [0.29, 0.717) is 11.5 Å². The van der Waals surface area contributed by atoms with Crippen LogP contribution in [0.2, 0.25) is 0 Å². The van der Waals surface area contributed by atoms with Crippen molar-refractivity contribution in [1.82, 2.24) is 30.8 Å². The Morgan fingerprint density at radius 2 is 1.90 bits per heavy atom. The van der Waals surface area contributed by atoms with E-state index in [0.717, 1.165) is 11.8 Å². The lowest BCUT2D eigenvalue weighted by Crippen LogP contribution is -2.40. The average Bonchev–Trinajstić information content (AvgIpc) is 3.12. The van der Waals surface area contributed by atoms with E-state index in [2.05, 4.69) is 26.3 Å². The van der Waals surface area contributed by atoms with Crippen LogP contribution in [0.3, 0.4) is 0 Å². The van der Waals surface area contributed by atoms with Crippen molar-refractivity contribution in [2.24, 2.45) is 0 Å². The molecule has 0 spiro atoms. The minimum atomic E-state index is -4.53. The van der Waals surface area contributed by atoms with Crippen molar-refractivity contribution in [1.29, 1.82) is 0 Å². The molecular weight excluding hydrogens is 385 g/mol. The summed E-state index contributed by atoms with van der Waals surface area (Å²) in [7, 11) is 0. The largest absolute Gasteiger partial charge is 0.417 e. The van der Waals surface area contributed by atoms with Crippen molar-refractivity contribution < 1.29 is 18.0 Å². The third-order valence-corrected chi connectivity index (χ3v) is 4.25. The van der Waals surface area contributed by atoms with E-state index in [-0.39, 0.29) is 17.0 Å². The number of hydrogen-bond donors (Lipinski definition) is 3. The zero-order valence-electron chi connectivity index (χ0n) is 15.1. The zero-order chi connectivity index (χ0) is 20.6. The lowest BCUT2D eigenvalue weighted by Gasteiger charge is -2.17. The van der Waals surface area contributed by atoms with Crippen molar-refractivity contribution in [2.75, 3.05) is 0 Å². The third-order valence-electron chi connectivity index (χ3n) is 4.25. The number of imidazole rings is 1. The summed E-state index contributed by atoms with van der Waals surface area (Å²) >= 11 is 0. The molecule has 3 heterocycles. The molecule has 0 fully saturated rings. The van der Waals surface area contributed by atoms with Crippen molar-refractivity contribution >= 4 is 11.6 Å². The van der Waals surface area contributed by atoms with Crippen molar-refractivity contribution in [3.63, 3.8) is 0 Å². The molecule has 0 saturated carbocycles. The number of nitrogens with zero attached hydrogens (tertiary/aromatic N) is 3. The van der Waals surface area contributed by atoms with Crippen LogP contribution in [-0.4, -0.2) is 20.5 Å². The molecule has 29 heavy (non-hydrogen) atoms. The molecule has 2 aromatic heterocycles. The second-order valence-corrected chi connectivity index (χ2v) is 6.31. The number of amides is 1. The summed E-state index contributed by atoms with van der Waals surface area (Å²) in [6, 6.07) is 8.10. The lowest BCUT2D eigenvalue weighted by atomic mass is 10.0. The van der Waals surface area contributed by atoms with E-state index in [9.17, 15) is 18.0 Å². The van der Waals surface area contributed by atoms with Gasteiger partial charge < -0.3 is 10.7 Å². The second kappa shape index (κ2) is 6.97. The normalized spacial score (nSPS) is 13.9. The van der Waals surface area contributed by atoms with Crippen molar-refractivity contribution in [2.45, 2.75) is 13.1 Å². The van der Waals surface area contributed by atoms with Crippen LogP contribution in [0.25, 0.3) is 16.9 Å². The predicted octanol–water partition coefficient (Wildman–Crippen LogP) is 3.00. The topological polar surface area (TPSA) is 83.4 Å². The Morgan fingerprint density at radius 3 is 2.62 bits per heavy atom. The number of aromatic nitrogens is 3. The average molecular weight is 400 g/mol. The van der Waals surface area contributed by atoms with Crippen LogP contribution in [0.15, 0.2) is 66.3 Å². The highest BCUT2D eigenvalue weighted by molar-refractivity contribution is 5.94. The molecule has 1 aliphatic rings. The highest BCUT2D eigenvalue weighted by Gasteiger charge is 2.33. The Balaban J connectivity index is 1.72. The molecular formula is C19H15F3N6O. The van der Waals surface area contributed by atoms with E-state index in [4.69, 9.17) is 0 Å². The highest BCUT2D eigenvalue weighted by atomic mass is 19.4. The fourth-order valence-corrected chi connectivity index (χ4v) is 2.84. The number of fused-ring (bicyclic) bond motifs is 1. The fraction of sp³-hybridized carbons (Fsp3) is 0.105. The molecule has 3 aromatic rings. The molecule has 7 nitrogen and oxygen atoms in total. The van der Waals surface area contributed by atoms with Gasteiger partial charge in [0.2, 0.25) is 0 Å². The number of rotatable bonds is 3. The van der Waals surface area contributed by atoms with Crippen LogP contribution in [-0.2, 0) is 6.18 Å². The molecule has 0 aliphatic carbocycles. The van der Waals surface area contributed by atoms with Gasteiger partial charge in [0.25, 0.3) is 5.91 Å². The molecule has 1 amide bonds. The highest BCUT2D eigenvalue weighted by Crippen LogP contribution is 2.36. The van der Waals surface area contributed by atoms with Gasteiger partial charge in [-0.25, -0.2) is 9.50 Å². The number of carbonyl (C=O) groups is 1. The molecule has 3 N–H and O–H groups in total. The monoisotopic (exact) mass is 400 g/mol. The Bertz CT molecular complexity index is 1160. The van der Waals surface area contributed by atoms with Crippen molar-refractivity contribution in [3.8, 4) is 11.3 Å². The summed E-state index contributed by atoms with van der Waals surface area (Å²) in [5.74, 6) is -0.103. The maximum absolute atomic E-state index is 13.3. The summed E-state index contributed by atoms with van der Waals surface area (Å²) in [4.78, 5) is 16.7. The number of hydrazine groups is 1. The third kappa shape index (κ3) is 3.64. The van der Waals surface area contributed by atoms with E-state index in [1.165, 1.54) is 41.0 Å². The summed E-state index contributed by atoms with van der Waals surface area (Å²) in [6.45, 7) is 1.84. The number of carbonyl (C=O) groups excluding carboxylic acids is 1. The molecule has 0 unspecified atom stereocenters. The Morgan fingerprint density at radius 1 is 1.10 bits per heavy atom. The Hall–Kier alpha value is -3.82. The lowest BCUT2D eigenvalue weighted by molar-refractivity contribution is -0.137. The van der Waals surface area contributed by atoms with Crippen LogP contribution >= 0.6 is 0 Å². The van der Waals surface area contributed by atoms with Crippen LogP contribution < -0.4 is 16.2 Å². The van der Waals surface area contributed by atoms with Crippen molar-refractivity contribution in [3.05, 3.63) is 77.5 Å². The summed E-state index contributed by atoms with van der Waals surface area (Å²) < 4.78 is 41.3. The number of nitrogens with one attached hydrogen (secondary N) is 3. The molecule has 0 atom stereocenters. The second-order valence-electron chi connectivity index (χ2n) is 6.31. The molecule has 1 aromatic carbocycles. The Labute approximate surface area is 162 Å². The number of benzene rings is 1. The quantitative estimate of drug-likeness (QED) is 0.630. The van der Waals surface area contributed by atoms with Gasteiger partial charge in [0.15, 0.2) is 11.3 Å². The maximum atomic E-state index is 13.3. The van der Waals surface area contributed by atoms with Crippen LogP contribution in [0.4, 0.5) is 13.2 Å². The van der Waals surface area contributed by atoms with Gasteiger partial charge in [0, 0.05) is 11.3 Å². The van der Waals surface area contributed by atoms with Gasteiger partial charge >= 0.3 is 6.18 Å². The number of halogens is 3. The van der Waals surface area contributed by atoms with Crippen LogP contribution in [0.1, 0.15) is 23.0 Å².